The Morgan fingerprint density at radius 1 is 1.26 bits per heavy atom. The number of aromatic nitrogens is 2. The topological polar surface area (TPSA) is 73.1 Å². The lowest BCUT2D eigenvalue weighted by molar-refractivity contribution is 0.0948. The zero-order chi connectivity index (χ0) is 16.1. The van der Waals surface area contributed by atoms with Gasteiger partial charge in [0.15, 0.2) is 0 Å². The van der Waals surface area contributed by atoms with E-state index in [2.05, 4.69) is 25.7 Å². The molecule has 0 spiro atoms. The zero-order valence-electron chi connectivity index (χ0n) is 12.8. The Balaban J connectivity index is 1.59. The van der Waals surface area contributed by atoms with Gasteiger partial charge < -0.3 is 10.6 Å². The molecule has 7 heteroatoms. The lowest BCUT2D eigenvalue weighted by Gasteiger charge is -2.27. The average molecular weight is 317 g/mol. The largest absolute Gasteiger partial charge is 0.351 e. The molecule has 0 bridgehead atoms. The van der Waals surface area contributed by atoms with Crippen LogP contribution >= 0.6 is 0 Å². The van der Waals surface area contributed by atoms with Crippen LogP contribution in [-0.2, 0) is 0 Å². The third-order valence-corrected chi connectivity index (χ3v) is 3.94. The van der Waals surface area contributed by atoms with Crippen molar-refractivity contribution in [1.29, 1.82) is 0 Å². The first-order valence-corrected chi connectivity index (χ1v) is 7.74. The van der Waals surface area contributed by atoms with Crippen molar-refractivity contribution in [2.45, 2.75) is 0 Å². The summed E-state index contributed by atoms with van der Waals surface area (Å²) in [6, 6.07) is 5.98. The Hall–Kier alpha value is -2.25. The highest BCUT2D eigenvalue weighted by Gasteiger charge is 2.16. The molecule has 0 atom stereocenters. The number of hydrogen-bond donors (Lipinski definition) is 3. The van der Waals surface area contributed by atoms with E-state index in [4.69, 9.17) is 0 Å². The van der Waals surface area contributed by atoms with Crippen LogP contribution < -0.4 is 10.6 Å². The maximum absolute atomic E-state index is 13.0. The molecule has 1 aromatic carbocycles. The summed E-state index contributed by atoms with van der Waals surface area (Å²) in [5.74, 6) is -0.483. The van der Waals surface area contributed by atoms with E-state index in [0.29, 0.717) is 17.8 Å². The van der Waals surface area contributed by atoms with E-state index < -0.39 is 0 Å². The highest BCUT2D eigenvalue weighted by Crippen LogP contribution is 2.21. The molecule has 6 nitrogen and oxygen atoms in total. The van der Waals surface area contributed by atoms with E-state index in [1.807, 2.05) is 0 Å². The fourth-order valence-electron chi connectivity index (χ4n) is 2.65. The average Bonchev–Trinajstić information content (AvgIpc) is 3.06. The quantitative estimate of drug-likeness (QED) is 0.764. The molecule has 1 saturated heterocycles. The van der Waals surface area contributed by atoms with Gasteiger partial charge in [-0.1, -0.05) is 0 Å². The smallest absolute Gasteiger partial charge is 0.255 e. The van der Waals surface area contributed by atoms with Crippen molar-refractivity contribution in [2.75, 3.05) is 39.3 Å². The molecule has 3 rings (SSSR count). The molecule has 2 aromatic rings. The van der Waals surface area contributed by atoms with Crippen LogP contribution in [0.3, 0.4) is 0 Å². The van der Waals surface area contributed by atoms with Gasteiger partial charge in [-0.3, -0.25) is 14.8 Å². The van der Waals surface area contributed by atoms with Crippen LogP contribution in [0.5, 0.6) is 0 Å². The Morgan fingerprint density at radius 2 is 2.00 bits per heavy atom. The molecule has 1 amide bonds. The molecule has 0 aliphatic carbocycles. The van der Waals surface area contributed by atoms with E-state index in [1.54, 1.807) is 12.1 Å². The highest BCUT2D eigenvalue weighted by atomic mass is 19.1. The molecule has 23 heavy (non-hydrogen) atoms. The fourth-order valence-corrected chi connectivity index (χ4v) is 2.65. The Kier molecular flexibility index (Phi) is 4.99. The van der Waals surface area contributed by atoms with E-state index >= 15 is 0 Å². The molecule has 0 radical (unpaired) electrons. The minimum atomic E-state index is -0.310. The second-order valence-electron chi connectivity index (χ2n) is 5.51. The summed E-state index contributed by atoms with van der Waals surface area (Å²) in [5.41, 5.74) is 1.80. The second-order valence-corrected chi connectivity index (χ2v) is 5.51. The highest BCUT2D eigenvalue weighted by molar-refractivity contribution is 5.99. The van der Waals surface area contributed by atoms with Crippen LogP contribution in [-0.4, -0.2) is 60.3 Å². The number of nitrogens with one attached hydrogen (secondary N) is 3. The molecule has 0 saturated carbocycles. The first-order valence-electron chi connectivity index (χ1n) is 7.74. The number of piperazine rings is 1. The van der Waals surface area contributed by atoms with Crippen molar-refractivity contribution in [1.82, 2.24) is 25.7 Å². The van der Waals surface area contributed by atoms with Crippen LogP contribution in [0.15, 0.2) is 30.5 Å². The Morgan fingerprint density at radius 3 is 2.74 bits per heavy atom. The number of benzene rings is 1. The molecule has 2 heterocycles. The normalized spacial score (nSPS) is 15.5. The second kappa shape index (κ2) is 7.34. The van der Waals surface area contributed by atoms with Gasteiger partial charge in [-0.05, 0) is 24.3 Å². The van der Waals surface area contributed by atoms with E-state index in [1.165, 1.54) is 18.3 Å². The molecule has 1 aliphatic heterocycles. The summed E-state index contributed by atoms with van der Waals surface area (Å²) in [5, 5.41) is 13.0. The van der Waals surface area contributed by atoms with Crippen molar-refractivity contribution >= 4 is 5.91 Å². The minimum Gasteiger partial charge on any atom is -0.351 e. The summed E-state index contributed by atoms with van der Waals surface area (Å²) in [6.45, 7) is 5.41. The van der Waals surface area contributed by atoms with Gasteiger partial charge >= 0.3 is 0 Å². The molecule has 1 aliphatic rings. The summed E-state index contributed by atoms with van der Waals surface area (Å²) in [6.07, 6.45) is 1.50. The SMILES string of the molecule is O=C(NCCN1CCNCC1)c1cn[nH]c1-c1ccc(F)cc1. The monoisotopic (exact) mass is 317 g/mol. The lowest BCUT2D eigenvalue weighted by Crippen LogP contribution is -2.46. The van der Waals surface area contributed by atoms with Crippen LogP contribution in [0.1, 0.15) is 10.4 Å². The van der Waals surface area contributed by atoms with Crippen LogP contribution in [0.4, 0.5) is 4.39 Å². The minimum absolute atomic E-state index is 0.173. The summed E-state index contributed by atoms with van der Waals surface area (Å²) in [7, 11) is 0. The van der Waals surface area contributed by atoms with Crippen molar-refractivity contribution in [3.05, 3.63) is 41.8 Å². The zero-order valence-corrected chi connectivity index (χ0v) is 12.8. The number of aromatic amines is 1. The number of rotatable bonds is 5. The summed E-state index contributed by atoms with van der Waals surface area (Å²) >= 11 is 0. The number of carbonyl (C=O) groups is 1. The van der Waals surface area contributed by atoms with Gasteiger partial charge in [0.2, 0.25) is 0 Å². The molecule has 1 aromatic heterocycles. The number of nitrogens with zero attached hydrogens (tertiary/aromatic N) is 2. The number of carbonyl (C=O) groups excluding carboxylic acids is 1. The standard InChI is InChI=1S/C16H20FN5O/c17-13-3-1-12(2-4-13)15-14(11-20-21-15)16(23)19-7-10-22-8-5-18-6-9-22/h1-4,11,18H,5-10H2,(H,19,23)(H,20,21). The number of hydrogen-bond acceptors (Lipinski definition) is 4. The van der Waals surface area contributed by atoms with Crippen molar-refractivity contribution in [3.8, 4) is 11.3 Å². The van der Waals surface area contributed by atoms with Crippen molar-refractivity contribution in [3.63, 3.8) is 0 Å². The van der Waals surface area contributed by atoms with Crippen LogP contribution in [0.25, 0.3) is 11.3 Å². The van der Waals surface area contributed by atoms with E-state index in [-0.39, 0.29) is 11.7 Å². The van der Waals surface area contributed by atoms with Crippen molar-refractivity contribution in [2.24, 2.45) is 0 Å². The fraction of sp³-hybridized carbons (Fsp3) is 0.375. The lowest BCUT2D eigenvalue weighted by atomic mass is 10.1. The van der Waals surface area contributed by atoms with Gasteiger partial charge in [0, 0.05) is 44.8 Å². The summed E-state index contributed by atoms with van der Waals surface area (Å²) in [4.78, 5) is 14.6. The van der Waals surface area contributed by atoms with Gasteiger partial charge in [0.1, 0.15) is 5.82 Å². The Labute approximate surface area is 134 Å². The van der Waals surface area contributed by atoms with Gasteiger partial charge in [-0.15, -0.1) is 0 Å². The third kappa shape index (κ3) is 3.94. The number of halogens is 1. The molecule has 3 N–H and O–H groups in total. The van der Waals surface area contributed by atoms with E-state index in [0.717, 1.165) is 38.3 Å². The Bertz CT molecular complexity index is 649. The predicted octanol–water partition coefficient (Wildman–Crippen LogP) is 0.851. The maximum atomic E-state index is 13.0. The number of amides is 1. The molecular weight excluding hydrogens is 297 g/mol. The predicted molar refractivity (Wildman–Crippen MR) is 85.6 cm³/mol. The molecule has 122 valence electrons. The van der Waals surface area contributed by atoms with Crippen molar-refractivity contribution < 1.29 is 9.18 Å². The molecule has 0 unspecified atom stereocenters. The van der Waals surface area contributed by atoms with Gasteiger partial charge in [0.05, 0.1) is 17.5 Å². The molecule has 1 fully saturated rings. The first kappa shape index (κ1) is 15.6. The third-order valence-electron chi connectivity index (χ3n) is 3.94. The van der Waals surface area contributed by atoms with Crippen LogP contribution in [0, 0.1) is 5.82 Å². The van der Waals surface area contributed by atoms with Crippen LogP contribution in [0.2, 0.25) is 0 Å². The molecular formula is C16H20FN5O. The van der Waals surface area contributed by atoms with Gasteiger partial charge in [-0.2, -0.15) is 5.10 Å². The first-order chi connectivity index (χ1) is 11.2. The summed E-state index contributed by atoms with van der Waals surface area (Å²) < 4.78 is 13.0. The van der Waals surface area contributed by atoms with Gasteiger partial charge in [0.25, 0.3) is 5.91 Å². The number of H-pyrrole nitrogens is 1. The van der Waals surface area contributed by atoms with Gasteiger partial charge in [-0.25, -0.2) is 4.39 Å². The van der Waals surface area contributed by atoms with E-state index in [9.17, 15) is 9.18 Å². The maximum Gasteiger partial charge on any atom is 0.255 e.